The zero-order chi connectivity index (χ0) is 21.9. The molecule has 30 heavy (non-hydrogen) atoms. The van der Waals surface area contributed by atoms with Gasteiger partial charge in [0.15, 0.2) is 0 Å². The molecular weight excluding hydrogens is 392 g/mol. The Labute approximate surface area is 183 Å². The van der Waals surface area contributed by atoms with Crippen LogP contribution < -0.4 is 4.74 Å². The summed E-state index contributed by atoms with van der Waals surface area (Å²) >= 11 is 1.58. The number of esters is 1. The van der Waals surface area contributed by atoms with Crippen molar-refractivity contribution in [2.45, 2.75) is 69.2 Å². The van der Waals surface area contributed by atoms with Crippen molar-refractivity contribution >= 4 is 17.7 Å². The van der Waals surface area contributed by atoms with Gasteiger partial charge in [-0.25, -0.2) is 4.68 Å². The van der Waals surface area contributed by atoms with Crippen LogP contribution in [-0.4, -0.2) is 15.7 Å². The van der Waals surface area contributed by atoms with Gasteiger partial charge in [0.05, 0.1) is 22.0 Å². The Morgan fingerprint density at radius 3 is 2.27 bits per heavy atom. The molecule has 0 fully saturated rings. The van der Waals surface area contributed by atoms with E-state index in [-0.39, 0.29) is 17.4 Å². The second-order valence-corrected chi connectivity index (χ2v) is 9.59. The summed E-state index contributed by atoms with van der Waals surface area (Å²) in [4.78, 5) is 15.2. The van der Waals surface area contributed by atoms with E-state index in [9.17, 15) is 4.79 Å². The lowest BCUT2D eigenvalue weighted by Crippen LogP contribution is -2.27. The van der Waals surface area contributed by atoms with E-state index in [1.165, 1.54) is 5.56 Å². The topological polar surface area (TPSA) is 44.1 Å². The minimum atomic E-state index is -0.319. The van der Waals surface area contributed by atoms with E-state index in [0.29, 0.717) is 12.3 Å². The molecule has 5 heteroatoms. The largest absolute Gasteiger partial charge is 0.406 e. The molecule has 0 radical (unpaired) electrons. The van der Waals surface area contributed by atoms with Crippen molar-refractivity contribution in [2.75, 3.05) is 0 Å². The number of aromatic nitrogens is 2. The zero-order valence-corrected chi connectivity index (χ0v) is 19.4. The first kappa shape index (κ1) is 22.2. The number of carbonyl (C=O) groups excluding carboxylic acids is 1. The number of carbonyl (C=O) groups is 1. The summed E-state index contributed by atoms with van der Waals surface area (Å²) in [5.74, 6) is -0.0446. The SMILES string of the molecule is CCC(C(=O)Oc1c(Sc2ccc(C)cc2)c(C)nn1C(C)(C)C)c1ccccc1. The number of nitrogens with zero attached hydrogens (tertiary/aromatic N) is 2. The van der Waals surface area contributed by atoms with E-state index in [1.807, 2.05) is 48.9 Å². The highest BCUT2D eigenvalue weighted by Gasteiger charge is 2.30. The standard InChI is InChI=1S/C25H30N2O2S/c1-7-21(19-11-9-8-10-12-19)24(28)29-23-22(18(3)26-27(23)25(4,5)6)30-20-15-13-17(2)14-16-20/h8-16,21H,7H2,1-6H3. The van der Waals surface area contributed by atoms with Gasteiger partial charge in [-0.3, -0.25) is 4.79 Å². The molecule has 0 saturated heterocycles. The molecule has 0 aliphatic carbocycles. The summed E-state index contributed by atoms with van der Waals surface area (Å²) in [6.07, 6.45) is 0.673. The Morgan fingerprint density at radius 1 is 1.07 bits per heavy atom. The normalized spacial score (nSPS) is 12.6. The van der Waals surface area contributed by atoms with Crippen LogP contribution in [0.2, 0.25) is 0 Å². The van der Waals surface area contributed by atoms with Crippen LogP contribution in [0.15, 0.2) is 64.4 Å². The Hall–Kier alpha value is -2.53. The Balaban J connectivity index is 1.98. The first-order chi connectivity index (χ1) is 14.2. The molecule has 0 bridgehead atoms. The summed E-state index contributed by atoms with van der Waals surface area (Å²) in [5.41, 5.74) is 2.71. The molecule has 2 aromatic carbocycles. The van der Waals surface area contributed by atoms with Crippen LogP contribution in [0.3, 0.4) is 0 Å². The highest BCUT2D eigenvalue weighted by atomic mass is 32.2. The van der Waals surface area contributed by atoms with Crippen molar-refractivity contribution in [3.05, 3.63) is 71.4 Å². The molecule has 158 valence electrons. The van der Waals surface area contributed by atoms with Crippen LogP contribution in [0.5, 0.6) is 5.88 Å². The van der Waals surface area contributed by atoms with Crippen LogP contribution in [0.4, 0.5) is 0 Å². The minimum Gasteiger partial charge on any atom is -0.406 e. The average Bonchev–Trinajstić information content (AvgIpc) is 3.01. The first-order valence-corrected chi connectivity index (χ1v) is 11.1. The third-order valence-corrected chi connectivity index (χ3v) is 6.12. The fourth-order valence-electron chi connectivity index (χ4n) is 3.27. The van der Waals surface area contributed by atoms with E-state index < -0.39 is 0 Å². The molecule has 0 amide bonds. The van der Waals surface area contributed by atoms with E-state index in [1.54, 1.807) is 11.8 Å². The predicted molar refractivity (Wildman–Crippen MR) is 122 cm³/mol. The maximum absolute atomic E-state index is 13.2. The van der Waals surface area contributed by atoms with Crippen LogP contribution in [0.1, 0.15) is 56.9 Å². The summed E-state index contributed by atoms with van der Waals surface area (Å²) in [5, 5.41) is 4.73. The first-order valence-electron chi connectivity index (χ1n) is 10.3. The Bertz CT molecular complexity index is 1000. The lowest BCUT2D eigenvalue weighted by atomic mass is 9.97. The number of hydrogen-bond donors (Lipinski definition) is 0. The average molecular weight is 423 g/mol. The van der Waals surface area contributed by atoms with Crippen molar-refractivity contribution in [2.24, 2.45) is 0 Å². The third kappa shape index (κ3) is 4.96. The number of aryl methyl sites for hydroxylation is 2. The van der Waals surface area contributed by atoms with Crippen molar-refractivity contribution in [3.63, 3.8) is 0 Å². The van der Waals surface area contributed by atoms with Gasteiger partial charge in [-0.15, -0.1) is 0 Å². The van der Waals surface area contributed by atoms with Crippen molar-refractivity contribution in [1.82, 2.24) is 9.78 Å². The smallest absolute Gasteiger partial charge is 0.320 e. The second-order valence-electron chi connectivity index (χ2n) is 8.51. The molecule has 0 aliphatic rings. The van der Waals surface area contributed by atoms with Crippen LogP contribution in [-0.2, 0) is 10.3 Å². The molecule has 1 atom stereocenters. The van der Waals surface area contributed by atoms with Gasteiger partial charge in [-0.1, -0.05) is 66.7 Å². The quantitative estimate of drug-likeness (QED) is 0.425. The van der Waals surface area contributed by atoms with E-state index in [4.69, 9.17) is 9.84 Å². The minimum absolute atomic E-state index is 0.250. The second kappa shape index (κ2) is 9.09. The van der Waals surface area contributed by atoms with Crippen LogP contribution in [0.25, 0.3) is 0 Å². The van der Waals surface area contributed by atoms with Crippen molar-refractivity contribution in [3.8, 4) is 5.88 Å². The van der Waals surface area contributed by atoms with Gasteiger partial charge in [-0.2, -0.15) is 5.10 Å². The maximum Gasteiger partial charge on any atom is 0.320 e. The molecule has 1 unspecified atom stereocenters. The Morgan fingerprint density at radius 2 is 1.70 bits per heavy atom. The molecule has 1 aromatic heterocycles. The molecule has 3 rings (SSSR count). The summed E-state index contributed by atoms with van der Waals surface area (Å²) < 4.78 is 7.90. The van der Waals surface area contributed by atoms with Gasteiger partial charge in [0.25, 0.3) is 0 Å². The van der Waals surface area contributed by atoms with Gasteiger partial charge >= 0.3 is 5.97 Å². The molecule has 4 nitrogen and oxygen atoms in total. The van der Waals surface area contributed by atoms with E-state index in [0.717, 1.165) is 21.0 Å². The van der Waals surface area contributed by atoms with Crippen LogP contribution in [0, 0.1) is 13.8 Å². The predicted octanol–water partition coefficient (Wildman–Crippen LogP) is 6.51. The Kier molecular flexibility index (Phi) is 6.71. The number of hydrogen-bond acceptors (Lipinski definition) is 4. The molecular formula is C25H30N2O2S. The highest BCUT2D eigenvalue weighted by Crippen LogP contribution is 2.40. The fourth-order valence-corrected chi connectivity index (χ4v) is 4.18. The van der Waals surface area contributed by atoms with Gasteiger partial charge < -0.3 is 4.74 Å². The molecule has 0 aliphatic heterocycles. The van der Waals surface area contributed by atoms with Crippen molar-refractivity contribution < 1.29 is 9.53 Å². The lowest BCUT2D eigenvalue weighted by Gasteiger charge is -2.23. The summed E-state index contributed by atoms with van der Waals surface area (Å²) in [7, 11) is 0. The number of ether oxygens (including phenoxy) is 1. The van der Waals surface area contributed by atoms with E-state index >= 15 is 0 Å². The molecule has 0 spiro atoms. The van der Waals surface area contributed by atoms with Gasteiger partial charge in [0.2, 0.25) is 5.88 Å². The van der Waals surface area contributed by atoms with Crippen LogP contribution >= 0.6 is 11.8 Å². The number of benzene rings is 2. The molecule has 0 N–H and O–H groups in total. The van der Waals surface area contributed by atoms with Crippen molar-refractivity contribution in [1.29, 1.82) is 0 Å². The molecule has 3 aromatic rings. The monoisotopic (exact) mass is 422 g/mol. The number of rotatable bonds is 6. The summed E-state index contributed by atoms with van der Waals surface area (Å²) in [6, 6.07) is 18.1. The van der Waals surface area contributed by atoms with Gasteiger partial charge in [0, 0.05) is 4.90 Å². The fraction of sp³-hybridized carbons (Fsp3) is 0.360. The zero-order valence-electron chi connectivity index (χ0n) is 18.6. The molecule has 1 heterocycles. The van der Waals surface area contributed by atoms with Gasteiger partial charge in [0.1, 0.15) is 0 Å². The summed E-state index contributed by atoms with van der Waals surface area (Å²) in [6.45, 7) is 12.2. The molecule has 0 saturated carbocycles. The third-order valence-electron chi connectivity index (χ3n) is 4.93. The van der Waals surface area contributed by atoms with Gasteiger partial charge in [-0.05, 0) is 58.7 Å². The lowest BCUT2D eigenvalue weighted by molar-refractivity contribution is -0.137. The van der Waals surface area contributed by atoms with E-state index in [2.05, 4.69) is 52.0 Å². The maximum atomic E-state index is 13.2. The highest BCUT2D eigenvalue weighted by molar-refractivity contribution is 7.99.